The van der Waals surface area contributed by atoms with Crippen LogP contribution in [0.2, 0.25) is 0 Å². The molecular weight excluding hydrogens is 260 g/mol. The van der Waals surface area contributed by atoms with E-state index in [1.54, 1.807) is 12.5 Å². The van der Waals surface area contributed by atoms with E-state index in [1.807, 2.05) is 10.8 Å². The number of rotatable bonds is 8. The maximum Gasteiger partial charge on any atom is 0.196 e. The Balaban J connectivity index is 1.82. The van der Waals surface area contributed by atoms with Gasteiger partial charge in [-0.3, -0.25) is 4.57 Å². The molecule has 104 valence electrons. The molecule has 0 saturated heterocycles. The van der Waals surface area contributed by atoms with E-state index in [4.69, 9.17) is 0 Å². The Morgan fingerprint density at radius 1 is 1.32 bits per heavy atom. The molecule has 2 aromatic rings. The molecule has 2 aromatic heterocycles. The van der Waals surface area contributed by atoms with Crippen LogP contribution >= 0.6 is 11.7 Å². The van der Waals surface area contributed by atoms with Crippen molar-refractivity contribution in [1.29, 1.82) is 0 Å². The quantitative estimate of drug-likeness (QED) is 0.748. The van der Waals surface area contributed by atoms with Crippen molar-refractivity contribution >= 4 is 17.5 Å². The summed E-state index contributed by atoms with van der Waals surface area (Å²) in [5.41, 5.74) is 0. The van der Waals surface area contributed by atoms with Gasteiger partial charge >= 0.3 is 0 Å². The Kier molecular flexibility index (Phi) is 5.29. The lowest BCUT2D eigenvalue weighted by Crippen LogP contribution is -2.25. The van der Waals surface area contributed by atoms with Gasteiger partial charge in [0.1, 0.15) is 6.33 Å². The van der Waals surface area contributed by atoms with Crippen LogP contribution in [0.3, 0.4) is 0 Å². The van der Waals surface area contributed by atoms with Gasteiger partial charge in [0.05, 0.1) is 11.7 Å². The van der Waals surface area contributed by atoms with Crippen LogP contribution in [0.15, 0.2) is 18.7 Å². The van der Waals surface area contributed by atoms with E-state index in [0.29, 0.717) is 0 Å². The molecule has 7 heteroatoms. The smallest absolute Gasteiger partial charge is 0.196 e. The zero-order valence-electron chi connectivity index (χ0n) is 11.4. The van der Waals surface area contributed by atoms with E-state index in [1.165, 1.54) is 11.7 Å². The number of anilines is 1. The van der Waals surface area contributed by atoms with Gasteiger partial charge in [0.15, 0.2) is 11.6 Å². The first-order chi connectivity index (χ1) is 9.35. The van der Waals surface area contributed by atoms with Crippen molar-refractivity contribution in [3.63, 3.8) is 0 Å². The fraction of sp³-hybridized carbons (Fsp3) is 0.583. The summed E-state index contributed by atoms with van der Waals surface area (Å²) in [6, 6.07) is 0. The fourth-order valence-electron chi connectivity index (χ4n) is 1.90. The molecule has 2 rings (SSSR count). The van der Waals surface area contributed by atoms with Crippen molar-refractivity contribution in [2.75, 3.05) is 31.5 Å². The molecule has 1 N–H and O–H groups in total. The van der Waals surface area contributed by atoms with Crippen LogP contribution < -0.4 is 5.32 Å². The third-order valence-electron chi connectivity index (χ3n) is 3.06. The highest BCUT2D eigenvalue weighted by atomic mass is 32.1. The van der Waals surface area contributed by atoms with Gasteiger partial charge in [0, 0.05) is 18.9 Å². The summed E-state index contributed by atoms with van der Waals surface area (Å²) >= 11 is 1.22. The van der Waals surface area contributed by atoms with Gasteiger partial charge < -0.3 is 10.2 Å². The number of hydrogen-bond acceptors (Lipinski definition) is 6. The first-order valence-electron chi connectivity index (χ1n) is 6.62. The molecule has 0 aromatic carbocycles. The fourth-order valence-corrected chi connectivity index (χ4v) is 2.43. The van der Waals surface area contributed by atoms with E-state index < -0.39 is 0 Å². The van der Waals surface area contributed by atoms with Crippen LogP contribution in [0.25, 0.3) is 5.82 Å². The van der Waals surface area contributed by atoms with Gasteiger partial charge in [-0.1, -0.05) is 13.8 Å². The van der Waals surface area contributed by atoms with Crippen molar-refractivity contribution in [3.05, 3.63) is 18.7 Å². The molecular formula is C12H20N6S. The lowest BCUT2D eigenvalue weighted by atomic mass is 10.3. The van der Waals surface area contributed by atoms with Crippen molar-refractivity contribution in [3.8, 4) is 5.82 Å². The zero-order chi connectivity index (χ0) is 13.5. The van der Waals surface area contributed by atoms with Gasteiger partial charge in [0.25, 0.3) is 0 Å². The maximum atomic E-state index is 4.29. The van der Waals surface area contributed by atoms with Crippen LogP contribution in [-0.2, 0) is 0 Å². The summed E-state index contributed by atoms with van der Waals surface area (Å²) in [4.78, 5) is 6.44. The monoisotopic (exact) mass is 280 g/mol. The van der Waals surface area contributed by atoms with Crippen LogP contribution in [0.5, 0.6) is 0 Å². The first-order valence-corrected chi connectivity index (χ1v) is 7.35. The summed E-state index contributed by atoms with van der Waals surface area (Å²) in [5.74, 6) is 1.66. The number of nitrogens with one attached hydrogen (secondary N) is 1. The van der Waals surface area contributed by atoms with Crippen molar-refractivity contribution in [2.24, 2.45) is 0 Å². The minimum atomic E-state index is 0.824. The predicted octanol–water partition coefficient (Wildman–Crippen LogP) is 1.87. The van der Waals surface area contributed by atoms with E-state index in [-0.39, 0.29) is 0 Å². The summed E-state index contributed by atoms with van der Waals surface area (Å²) in [5, 5.41) is 3.35. The predicted molar refractivity (Wildman–Crippen MR) is 77.9 cm³/mol. The molecule has 6 nitrogen and oxygen atoms in total. The largest absolute Gasteiger partial charge is 0.366 e. The second kappa shape index (κ2) is 7.20. The van der Waals surface area contributed by atoms with Crippen LogP contribution in [0.4, 0.5) is 5.82 Å². The van der Waals surface area contributed by atoms with Gasteiger partial charge in [-0.05, 0) is 26.1 Å². The Hall–Kier alpha value is -1.47. The van der Waals surface area contributed by atoms with Crippen molar-refractivity contribution in [2.45, 2.75) is 20.3 Å². The molecule has 0 spiro atoms. The lowest BCUT2D eigenvalue weighted by Gasteiger charge is -2.17. The summed E-state index contributed by atoms with van der Waals surface area (Å²) in [6.45, 7) is 8.61. The van der Waals surface area contributed by atoms with E-state index in [9.17, 15) is 0 Å². The molecule has 0 radical (unpaired) electrons. The molecule has 0 bridgehead atoms. The van der Waals surface area contributed by atoms with Crippen molar-refractivity contribution < 1.29 is 0 Å². The van der Waals surface area contributed by atoms with E-state index in [0.717, 1.165) is 44.2 Å². The Bertz CT molecular complexity index is 462. The summed E-state index contributed by atoms with van der Waals surface area (Å²) in [7, 11) is 0. The number of nitrogens with zero attached hydrogens (tertiary/aromatic N) is 5. The standard InChI is InChI=1S/C12H20N6S/c1-3-17(4-2)8-5-6-14-11-12(16-19-15-11)18-9-7-13-10-18/h7,9-10H,3-6,8H2,1-2H3,(H,14,15). The molecule has 19 heavy (non-hydrogen) atoms. The number of imidazole rings is 1. The molecule has 0 unspecified atom stereocenters. The highest BCUT2D eigenvalue weighted by Crippen LogP contribution is 2.16. The molecule has 2 heterocycles. The minimum absolute atomic E-state index is 0.824. The molecule has 0 fully saturated rings. The Morgan fingerprint density at radius 3 is 2.84 bits per heavy atom. The third kappa shape index (κ3) is 3.74. The highest BCUT2D eigenvalue weighted by molar-refractivity contribution is 6.99. The topological polar surface area (TPSA) is 58.9 Å². The van der Waals surface area contributed by atoms with Crippen molar-refractivity contribution in [1.82, 2.24) is 23.2 Å². The SMILES string of the molecule is CCN(CC)CCCNc1nsnc1-n1ccnc1. The summed E-state index contributed by atoms with van der Waals surface area (Å²) in [6.07, 6.45) is 6.45. The number of hydrogen-bond donors (Lipinski definition) is 1. The second-order valence-corrected chi connectivity index (χ2v) is 4.74. The van der Waals surface area contributed by atoms with Gasteiger partial charge in [-0.15, -0.1) is 0 Å². The minimum Gasteiger partial charge on any atom is -0.366 e. The number of aromatic nitrogens is 4. The average Bonchev–Trinajstić information content (AvgIpc) is 3.09. The third-order valence-corrected chi connectivity index (χ3v) is 3.58. The zero-order valence-corrected chi connectivity index (χ0v) is 12.2. The average molecular weight is 280 g/mol. The first kappa shape index (κ1) is 14.0. The van der Waals surface area contributed by atoms with Gasteiger partial charge in [0.2, 0.25) is 0 Å². The Morgan fingerprint density at radius 2 is 2.16 bits per heavy atom. The molecule has 0 amide bonds. The lowest BCUT2D eigenvalue weighted by molar-refractivity contribution is 0.303. The van der Waals surface area contributed by atoms with E-state index >= 15 is 0 Å². The Labute approximate surface area is 117 Å². The molecule has 0 aliphatic heterocycles. The molecule has 0 aliphatic carbocycles. The second-order valence-electron chi connectivity index (χ2n) is 4.21. The maximum absolute atomic E-state index is 4.29. The van der Waals surface area contributed by atoms with Crippen LogP contribution in [-0.4, -0.2) is 49.4 Å². The van der Waals surface area contributed by atoms with Crippen LogP contribution in [0, 0.1) is 0 Å². The van der Waals surface area contributed by atoms with Gasteiger partial charge in [-0.25, -0.2) is 4.98 Å². The molecule has 0 aliphatic rings. The van der Waals surface area contributed by atoms with Gasteiger partial charge in [-0.2, -0.15) is 8.75 Å². The molecule has 0 atom stereocenters. The highest BCUT2D eigenvalue weighted by Gasteiger charge is 2.09. The summed E-state index contributed by atoms with van der Waals surface area (Å²) < 4.78 is 10.4. The van der Waals surface area contributed by atoms with E-state index in [2.05, 4.69) is 37.8 Å². The molecule has 0 saturated carbocycles. The van der Waals surface area contributed by atoms with Crippen LogP contribution in [0.1, 0.15) is 20.3 Å². The normalized spacial score (nSPS) is 11.1.